The van der Waals surface area contributed by atoms with Gasteiger partial charge in [0.1, 0.15) is 12.4 Å². The molecule has 0 bridgehead atoms. The smallest absolute Gasteiger partial charge is 0.120 e. The van der Waals surface area contributed by atoms with E-state index in [2.05, 4.69) is 36.5 Å². The van der Waals surface area contributed by atoms with Gasteiger partial charge in [0.05, 0.1) is 0 Å². The van der Waals surface area contributed by atoms with Crippen molar-refractivity contribution in [2.75, 3.05) is 0 Å². The van der Waals surface area contributed by atoms with Crippen LogP contribution in [0.15, 0.2) is 54.6 Å². The molecule has 2 rings (SSSR count). The monoisotopic (exact) mass is 284 g/mol. The van der Waals surface area contributed by atoms with Crippen LogP contribution in [0.25, 0.3) is 0 Å². The summed E-state index contributed by atoms with van der Waals surface area (Å²) in [7, 11) is 0. The van der Waals surface area contributed by atoms with Crippen molar-refractivity contribution in [2.24, 2.45) is 5.73 Å². The number of hydrogen-bond acceptors (Lipinski definition) is 3. The molecule has 0 aliphatic heterocycles. The molecule has 2 aromatic rings. The molecule has 3 heteroatoms. The Balaban J connectivity index is 1.88. The average molecular weight is 284 g/mol. The van der Waals surface area contributed by atoms with E-state index in [-0.39, 0.29) is 6.04 Å². The predicted octanol–water partition coefficient (Wildman–Crippen LogP) is 3.09. The van der Waals surface area contributed by atoms with Gasteiger partial charge in [-0.05, 0) is 37.1 Å². The Kier molecular flexibility index (Phi) is 5.78. The summed E-state index contributed by atoms with van der Waals surface area (Å²) in [5.74, 6) is 0.895. The van der Waals surface area contributed by atoms with Crippen molar-refractivity contribution in [1.29, 1.82) is 0 Å². The predicted molar refractivity (Wildman–Crippen MR) is 87.2 cm³/mol. The third kappa shape index (κ3) is 5.21. The van der Waals surface area contributed by atoms with E-state index in [9.17, 15) is 0 Å². The summed E-state index contributed by atoms with van der Waals surface area (Å²) in [6.45, 7) is 5.50. The maximum Gasteiger partial charge on any atom is 0.120 e. The molecule has 2 aromatic carbocycles. The van der Waals surface area contributed by atoms with E-state index in [0.29, 0.717) is 12.6 Å². The highest BCUT2D eigenvalue weighted by molar-refractivity contribution is 5.29. The zero-order chi connectivity index (χ0) is 15.1. The lowest BCUT2D eigenvalue weighted by atomic mass is 10.1. The quantitative estimate of drug-likeness (QED) is 0.821. The van der Waals surface area contributed by atoms with Gasteiger partial charge in [0.25, 0.3) is 0 Å². The van der Waals surface area contributed by atoms with Crippen LogP contribution in [-0.2, 0) is 13.2 Å². The summed E-state index contributed by atoms with van der Waals surface area (Å²) in [6.07, 6.45) is 0. The maximum atomic E-state index is 5.85. The third-order valence-corrected chi connectivity index (χ3v) is 3.56. The minimum absolute atomic E-state index is 0.141. The van der Waals surface area contributed by atoms with Crippen LogP contribution in [0.3, 0.4) is 0 Å². The molecule has 0 aliphatic rings. The Morgan fingerprint density at radius 2 is 1.71 bits per heavy atom. The van der Waals surface area contributed by atoms with Crippen LogP contribution in [0.2, 0.25) is 0 Å². The van der Waals surface area contributed by atoms with Gasteiger partial charge in [-0.3, -0.25) is 0 Å². The van der Waals surface area contributed by atoms with Gasteiger partial charge in [0.2, 0.25) is 0 Å². The number of benzene rings is 2. The molecule has 0 amide bonds. The number of ether oxygens (including phenoxy) is 1. The first-order chi connectivity index (χ1) is 10.1. The summed E-state index contributed by atoms with van der Waals surface area (Å²) in [5, 5.41) is 3.42. The van der Waals surface area contributed by atoms with Crippen molar-refractivity contribution in [1.82, 2.24) is 5.32 Å². The number of nitrogens with two attached hydrogens (primary N) is 1. The van der Waals surface area contributed by atoms with Crippen LogP contribution in [0, 0.1) is 0 Å². The second-order valence-electron chi connectivity index (χ2n) is 5.45. The number of rotatable bonds is 7. The van der Waals surface area contributed by atoms with Crippen molar-refractivity contribution >= 4 is 0 Å². The van der Waals surface area contributed by atoms with Crippen LogP contribution < -0.4 is 15.8 Å². The summed E-state index contributed by atoms with van der Waals surface area (Å²) in [4.78, 5) is 0. The van der Waals surface area contributed by atoms with Gasteiger partial charge in [-0.15, -0.1) is 0 Å². The van der Waals surface area contributed by atoms with Gasteiger partial charge in [0, 0.05) is 18.6 Å². The van der Waals surface area contributed by atoms with Gasteiger partial charge >= 0.3 is 0 Å². The van der Waals surface area contributed by atoms with E-state index in [4.69, 9.17) is 10.5 Å². The topological polar surface area (TPSA) is 47.3 Å². The molecule has 2 unspecified atom stereocenters. The van der Waals surface area contributed by atoms with Crippen molar-refractivity contribution < 1.29 is 4.74 Å². The van der Waals surface area contributed by atoms with Crippen molar-refractivity contribution in [2.45, 2.75) is 39.1 Å². The first-order valence-corrected chi connectivity index (χ1v) is 7.40. The molecule has 0 heterocycles. The summed E-state index contributed by atoms with van der Waals surface area (Å²) in [6, 6.07) is 18.8. The molecule has 0 aliphatic carbocycles. The molecule has 0 fully saturated rings. The van der Waals surface area contributed by atoms with Crippen molar-refractivity contribution in [3.63, 3.8) is 0 Å². The third-order valence-electron chi connectivity index (χ3n) is 3.56. The normalized spacial score (nSPS) is 13.7. The Morgan fingerprint density at radius 3 is 2.43 bits per heavy atom. The number of hydrogen-bond donors (Lipinski definition) is 2. The zero-order valence-electron chi connectivity index (χ0n) is 12.8. The molecule has 3 N–H and O–H groups in total. The first-order valence-electron chi connectivity index (χ1n) is 7.40. The number of nitrogens with one attached hydrogen (secondary N) is 1. The highest BCUT2D eigenvalue weighted by Crippen LogP contribution is 2.15. The molecule has 0 saturated heterocycles. The molecule has 0 radical (unpaired) electrons. The largest absolute Gasteiger partial charge is 0.489 e. The molecule has 0 spiro atoms. The molecule has 21 heavy (non-hydrogen) atoms. The van der Waals surface area contributed by atoms with Crippen LogP contribution in [0.4, 0.5) is 0 Å². The van der Waals surface area contributed by atoms with Crippen LogP contribution in [-0.4, -0.2) is 12.1 Å². The minimum atomic E-state index is 0.141. The fraction of sp³-hybridized carbons (Fsp3) is 0.333. The molecular weight excluding hydrogens is 260 g/mol. The van der Waals surface area contributed by atoms with Gasteiger partial charge in [-0.1, -0.05) is 42.5 Å². The lowest BCUT2D eigenvalue weighted by molar-refractivity contribution is 0.306. The van der Waals surface area contributed by atoms with Gasteiger partial charge in [-0.2, -0.15) is 0 Å². The van der Waals surface area contributed by atoms with Crippen LogP contribution in [0.5, 0.6) is 5.75 Å². The minimum Gasteiger partial charge on any atom is -0.489 e. The SMILES string of the molecule is CC(N)C(C)NCc1cccc(OCc2ccccc2)c1. The lowest BCUT2D eigenvalue weighted by Crippen LogP contribution is -2.40. The molecular formula is C18H24N2O. The van der Waals surface area contributed by atoms with Crippen molar-refractivity contribution in [3.8, 4) is 5.75 Å². The fourth-order valence-corrected chi connectivity index (χ4v) is 1.95. The average Bonchev–Trinajstić information content (AvgIpc) is 2.52. The highest BCUT2D eigenvalue weighted by atomic mass is 16.5. The second-order valence-corrected chi connectivity index (χ2v) is 5.45. The first kappa shape index (κ1) is 15.5. The maximum absolute atomic E-state index is 5.85. The Morgan fingerprint density at radius 1 is 1.00 bits per heavy atom. The van der Waals surface area contributed by atoms with Gasteiger partial charge in [-0.25, -0.2) is 0 Å². The van der Waals surface area contributed by atoms with E-state index in [1.165, 1.54) is 11.1 Å². The second kappa shape index (κ2) is 7.81. The Bertz CT molecular complexity index is 540. The van der Waals surface area contributed by atoms with Gasteiger partial charge in [0.15, 0.2) is 0 Å². The Hall–Kier alpha value is -1.84. The van der Waals surface area contributed by atoms with E-state index in [1.54, 1.807) is 0 Å². The van der Waals surface area contributed by atoms with E-state index >= 15 is 0 Å². The summed E-state index contributed by atoms with van der Waals surface area (Å²) in [5.41, 5.74) is 8.23. The van der Waals surface area contributed by atoms with Gasteiger partial charge < -0.3 is 15.8 Å². The molecule has 112 valence electrons. The summed E-state index contributed by atoms with van der Waals surface area (Å²) < 4.78 is 5.83. The van der Waals surface area contributed by atoms with E-state index in [1.807, 2.05) is 37.3 Å². The highest BCUT2D eigenvalue weighted by Gasteiger charge is 2.06. The zero-order valence-corrected chi connectivity index (χ0v) is 12.8. The van der Waals surface area contributed by atoms with E-state index < -0.39 is 0 Å². The molecule has 0 saturated carbocycles. The molecule has 3 nitrogen and oxygen atoms in total. The fourth-order valence-electron chi connectivity index (χ4n) is 1.95. The Labute approximate surface area is 127 Å². The standard InChI is InChI=1S/C18H24N2O/c1-14(19)15(2)20-12-17-9-6-10-18(11-17)21-13-16-7-4-3-5-8-16/h3-11,14-15,20H,12-13,19H2,1-2H3. The van der Waals surface area contributed by atoms with Crippen LogP contribution in [0.1, 0.15) is 25.0 Å². The lowest BCUT2D eigenvalue weighted by Gasteiger charge is -2.17. The molecule has 0 aromatic heterocycles. The van der Waals surface area contributed by atoms with Crippen LogP contribution >= 0.6 is 0 Å². The summed E-state index contributed by atoms with van der Waals surface area (Å²) >= 11 is 0. The van der Waals surface area contributed by atoms with Crippen molar-refractivity contribution in [3.05, 3.63) is 65.7 Å². The van der Waals surface area contributed by atoms with E-state index in [0.717, 1.165) is 12.3 Å². The molecule has 2 atom stereocenters.